The van der Waals surface area contributed by atoms with Gasteiger partial charge in [-0.2, -0.15) is 0 Å². The minimum Gasteiger partial charge on any atom is -0.490 e. The van der Waals surface area contributed by atoms with Crippen LogP contribution in [0.4, 0.5) is 10.2 Å². The average molecular weight is 331 g/mol. The topological polar surface area (TPSA) is 57.6 Å². The first kappa shape index (κ1) is 16.7. The maximum atomic E-state index is 13.2. The standard InChI is InChI=1S/C18H22FN3O2/c1-20-17-14(4-3-8-21-17)11-22-9-7-18(23,12-22)13-24-16-6-2-5-15(19)10-16/h2-6,8,10,23H,7,9,11-13H2,1H3,(H,20,21)/t18-/m0/s1. The van der Waals surface area contributed by atoms with Crippen molar-refractivity contribution in [1.82, 2.24) is 9.88 Å². The molecular formula is C18H22FN3O2. The molecule has 6 heteroatoms. The van der Waals surface area contributed by atoms with Crippen LogP contribution in [0.25, 0.3) is 0 Å². The number of hydrogen-bond donors (Lipinski definition) is 2. The number of rotatable bonds is 6. The molecule has 0 radical (unpaired) electrons. The van der Waals surface area contributed by atoms with Gasteiger partial charge in [-0.05, 0) is 24.6 Å². The molecule has 1 atom stereocenters. The Morgan fingerprint density at radius 2 is 2.25 bits per heavy atom. The van der Waals surface area contributed by atoms with Crippen LogP contribution < -0.4 is 10.1 Å². The Morgan fingerprint density at radius 1 is 1.38 bits per heavy atom. The van der Waals surface area contributed by atoms with Gasteiger partial charge in [0.1, 0.15) is 29.6 Å². The third kappa shape index (κ3) is 4.01. The second-order valence-corrected chi connectivity index (χ2v) is 6.19. The molecule has 128 valence electrons. The van der Waals surface area contributed by atoms with Gasteiger partial charge in [-0.1, -0.05) is 12.1 Å². The van der Waals surface area contributed by atoms with E-state index in [0.717, 1.165) is 17.9 Å². The number of β-amino-alcohol motifs (C(OH)–C–C–N with tert-alkyl or cyclic N) is 1. The van der Waals surface area contributed by atoms with Crippen LogP contribution in [0.2, 0.25) is 0 Å². The Kier molecular flexibility index (Phi) is 4.97. The number of hydrogen-bond acceptors (Lipinski definition) is 5. The molecule has 1 aliphatic rings. The van der Waals surface area contributed by atoms with Crippen molar-refractivity contribution in [3.8, 4) is 5.75 Å². The van der Waals surface area contributed by atoms with E-state index in [4.69, 9.17) is 4.74 Å². The monoisotopic (exact) mass is 331 g/mol. The van der Waals surface area contributed by atoms with Crippen molar-refractivity contribution in [1.29, 1.82) is 0 Å². The summed E-state index contributed by atoms with van der Waals surface area (Å²) < 4.78 is 18.8. The van der Waals surface area contributed by atoms with Crippen LogP contribution in [0.3, 0.4) is 0 Å². The highest BCUT2D eigenvalue weighted by molar-refractivity contribution is 5.42. The summed E-state index contributed by atoms with van der Waals surface area (Å²) in [4.78, 5) is 6.47. The highest BCUT2D eigenvalue weighted by Gasteiger charge is 2.37. The summed E-state index contributed by atoms with van der Waals surface area (Å²) in [5, 5.41) is 13.8. The molecule has 0 unspecified atom stereocenters. The molecular weight excluding hydrogens is 309 g/mol. The second-order valence-electron chi connectivity index (χ2n) is 6.19. The largest absolute Gasteiger partial charge is 0.490 e. The van der Waals surface area contributed by atoms with Gasteiger partial charge in [0, 0.05) is 44.5 Å². The van der Waals surface area contributed by atoms with Gasteiger partial charge in [0.2, 0.25) is 0 Å². The van der Waals surface area contributed by atoms with Crippen LogP contribution in [0.15, 0.2) is 42.6 Å². The Bertz CT molecular complexity index is 697. The summed E-state index contributed by atoms with van der Waals surface area (Å²) in [6, 6.07) is 9.91. The molecule has 0 saturated carbocycles. The number of nitrogens with zero attached hydrogens (tertiary/aromatic N) is 2. The molecule has 1 saturated heterocycles. The fraction of sp³-hybridized carbons (Fsp3) is 0.389. The molecule has 2 aromatic rings. The molecule has 2 N–H and O–H groups in total. The van der Waals surface area contributed by atoms with E-state index >= 15 is 0 Å². The number of pyridine rings is 1. The first-order valence-corrected chi connectivity index (χ1v) is 8.03. The first-order valence-electron chi connectivity index (χ1n) is 8.03. The lowest BCUT2D eigenvalue weighted by Crippen LogP contribution is -2.39. The number of anilines is 1. The molecule has 0 spiro atoms. The number of aliphatic hydroxyl groups is 1. The van der Waals surface area contributed by atoms with E-state index in [1.165, 1.54) is 12.1 Å². The van der Waals surface area contributed by atoms with Gasteiger partial charge in [-0.15, -0.1) is 0 Å². The highest BCUT2D eigenvalue weighted by atomic mass is 19.1. The van der Waals surface area contributed by atoms with Crippen molar-refractivity contribution < 1.29 is 14.2 Å². The molecule has 0 aliphatic carbocycles. The number of halogens is 1. The lowest BCUT2D eigenvalue weighted by Gasteiger charge is -2.24. The van der Waals surface area contributed by atoms with Crippen molar-refractivity contribution >= 4 is 5.82 Å². The van der Waals surface area contributed by atoms with Crippen molar-refractivity contribution in [2.45, 2.75) is 18.6 Å². The maximum absolute atomic E-state index is 13.2. The van der Waals surface area contributed by atoms with E-state index < -0.39 is 5.60 Å². The van der Waals surface area contributed by atoms with E-state index in [1.54, 1.807) is 18.3 Å². The molecule has 5 nitrogen and oxygen atoms in total. The Balaban J connectivity index is 1.57. The minimum atomic E-state index is -0.922. The summed E-state index contributed by atoms with van der Waals surface area (Å²) >= 11 is 0. The van der Waals surface area contributed by atoms with Crippen LogP contribution in [0.1, 0.15) is 12.0 Å². The molecule has 0 bridgehead atoms. The van der Waals surface area contributed by atoms with Crippen molar-refractivity contribution in [3.63, 3.8) is 0 Å². The van der Waals surface area contributed by atoms with Gasteiger partial charge in [0.25, 0.3) is 0 Å². The number of nitrogens with one attached hydrogen (secondary N) is 1. The van der Waals surface area contributed by atoms with Crippen LogP contribution in [-0.2, 0) is 6.54 Å². The Morgan fingerprint density at radius 3 is 3.04 bits per heavy atom. The predicted octanol–water partition coefficient (Wildman–Crippen LogP) is 2.28. The van der Waals surface area contributed by atoms with E-state index in [0.29, 0.717) is 25.3 Å². The summed E-state index contributed by atoms with van der Waals surface area (Å²) in [7, 11) is 1.85. The lowest BCUT2D eigenvalue weighted by molar-refractivity contribution is 0.00330. The zero-order valence-electron chi connectivity index (χ0n) is 13.7. The van der Waals surface area contributed by atoms with Gasteiger partial charge in [-0.3, -0.25) is 4.90 Å². The number of ether oxygens (including phenoxy) is 1. The first-order chi connectivity index (χ1) is 11.6. The fourth-order valence-corrected chi connectivity index (χ4v) is 3.00. The molecule has 1 fully saturated rings. The third-order valence-corrected chi connectivity index (χ3v) is 4.24. The summed E-state index contributed by atoms with van der Waals surface area (Å²) in [6.07, 6.45) is 2.37. The Hall–Kier alpha value is -2.18. The third-order valence-electron chi connectivity index (χ3n) is 4.24. The van der Waals surface area contributed by atoms with Crippen LogP contribution in [-0.4, -0.2) is 47.3 Å². The summed E-state index contributed by atoms with van der Waals surface area (Å²) in [5.74, 6) is 0.944. The SMILES string of the molecule is CNc1ncccc1CN1CC[C@@](O)(COc2cccc(F)c2)C1. The number of benzene rings is 1. The van der Waals surface area contributed by atoms with Gasteiger partial charge >= 0.3 is 0 Å². The zero-order chi connectivity index (χ0) is 17.0. The molecule has 2 heterocycles. The van der Waals surface area contributed by atoms with E-state index in [-0.39, 0.29) is 12.4 Å². The second kappa shape index (κ2) is 7.15. The van der Waals surface area contributed by atoms with E-state index in [2.05, 4.69) is 15.2 Å². The van der Waals surface area contributed by atoms with Crippen LogP contribution >= 0.6 is 0 Å². The minimum absolute atomic E-state index is 0.152. The summed E-state index contributed by atoms with van der Waals surface area (Å²) in [5.41, 5.74) is 0.171. The quantitative estimate of drug-likeness (QED) is 0.850. The molecule has 1 aromatic carbocycles. The van der Waals surface area contributed by atoms with Crippen LogP contribution in [0, 0.1) is 5.82 Å². The van der Waals surface area contributed by atoms with Crippen molar-refractivity contribution in [2.24, 2.45) is 0 Å². The Labute approximate surface area is 141 Å². The van der Waals surface area contributed by atoms with Gasteiger partial charge in [0.15, 0.2) is 0 Å². The van der Waals surface area contributed by atoms with Crippen LogP contribution in [0.5, 0.6) is 5.75 Å². The molecule has 1 aliphatic heterocycles. The van der Waals surface area contributed by atoms with E-state index in [1.807, 2.05) is 19.2 Å². The lowest BCUT2D eigenvalue weighted by atomic mass is 10.1. The van der Waals surface area contributed by atoms with Gasteiger partial charge in [-0.25, -0.2) is 9.37 Å². The number of likely N-dealkylation sites (tertiary alicyclic amines) is 1. The van der Waals surface area contributed by atoms with Gasteiger partial charge < -0.3 is 15.2 Å². The van der Waals surface area contributed by atoms with Gasteiger partial charge in [0.05, 0.1) is 0 Å². The summed E-state index contributed by atoms with van der Waals surface area (Å²) in [6.45, 7) is 2.16. The normalized spacial score (nSPS) is 21.0. The zero-order valence-corrected chi connectivity index (χ0v) is 13.7. The molecule has 3 rings (SSSR count). The smallest absolute Gasteiger partial charge is 0.130 e. The average Bonchev–Trinajstić information content (AvgIpc) is 2.95. The molecule has 1 aromatic heterocycles. The van der Waals surface area contributed by atoms with Crippen molar-refractivity contribution in [3.05, 3.63) is 54.0 Å². The highest BCUT2D eigenvalue weighted by Crippen LogP contribution is 2.25. The predicted molar refractivity (Wildman–Crippen MR) is 90.5 cm³/mol. The van der Waals surface area contributed by atoms with E-state index in [9.17, 15) is 9.50 Å². The maximum Gasteiger partial charge on any atom is 0.130 e. The number of aromatic nitrogens is 1. The molecule has 24 heavy (non-hydrogen) atoms. The fourth-order valence-electron chi connectivity index (χ4n) is 3.00. The molecule has 0 amide bonds. The van der Waals surface area contributed by atoms with Crippen molar-refractivity contribution in [2.75, 3.05) is 32.1 Å².